The van der Waals surface area contributed by atoms with Gasteiger partial charge in [0.1, 0.15) is 0 Å². The highest BCUT2D eigenvalue weighted by Gasteiger charge is 1.97. The van der Waals surface area contributed by atoms with E-state index >= 15 is 0 Å². The van der Waals surface area contributed by atoms with Gasteiger partial charge in [-0.2, -0.15) is 0 Å². The van der Waals surface area contributed by atoms with Crippen molar-refractivity contribution < 1.29 is 0 Å². The van der Waals surface area contributed by atoms with Crippen LogP contribution in [0.1, 0.15) is 25.7 Å². The van der Waals surface area contributed by atoms with Gasteiger partial charge >= 0.3 is 0 Å². The number of hydrogen-bond acceptors (Lipinski definition) is 1. The number of halogens is 1. The van der Waals surface area contributed by atoms with Gasteiger partial charge in [-0.25, -0.2) is 0 Å². The highest BCUT2D eigenvalue weighted by molar-refractivity contribution is 9.10. The number of fused-ring (bicyclic) bond motifs is 1. The number of hydrogen-bond donors (Lipinski definition) is 1. The molecule has 2 heteroatoms. The lowest BCUT2D eigenvalue weighted by Gasteiger charge is -2.07. The van der Waals surface area contributed by atoms with Gasteiger partial charge in [0, 0.05) is 16.7 Å². The highest BCUT2D eigenvalue weighted by Crippen LogP contribution is 2.23. The van der Waals surface area contributed by atoms with E-state index in [0.29, 0.717) is 0 Å². The molecule has 100 valence electrons. The molecule has 19 heavy (non-hydrogen) atoms. The Bertz CT molecular complexity index is 548. The van der Waals surface area contributed by atoms with E-state index in [1.165, 1.54) is 35.7 Å². The van der Waals surface area contributed by atoms with E-state index in [1.807, 2.05) is 6.08 Å². The fourth-order valence-corrected chi connectivity index (χ4v) is 2.53. The van der Waals surface area contributed by atoms with Gasteiger partial charge in [-0.15, -0.1) is 6.58 Å². The Kier molecular flexibility index (Phi) is 5.46. The molecule has 0 fully saturated rings. The number of unbranched alkanes of at least 4 members (excludes halogenated alkanes) is 3. The summed E-state index contributed by atoms with van der Waals surface area (Å²) in [4.78, 5) is 0. The third kappa shape index (κ3) is 4.39. The summed E-state index contributed by atoms with van der Waals surface area (Å²) in [5.41, 5.74) is 1.21. The predicted octanol–water partition coefficient (Wildman–Crippen LogP) is 5.76. The number of rotatable bonds is 7. The van der Waals surface area contributed by atoms with Gasteiger partial charge in [-0.05, 0) is 54.3 Å². The SMILES string of the molecule is C=CCCCCCNc1ccc2cc(Br)ccc2c1. The van der Waals surface area contributed by atoms with Crippen LogP contribution in [0.2, 0.25) is 0 Å². The van der Waals surface area contributed by atoms with Crippen LogP contribution in [0.5, 0.6) is 0 Å². The van der Waals surface area contributed by atoms with E-state index < -0.39 is 0 Å². The van der Waals surface area contributed by atoms with Crippen molar-refractivity contribution in [3.8, 4) is 0 Å². The lowest BCUT2D eigenvalue weighted by Crippen LogP contribution is -2.01. The Morgan fingerprint density at radius 3 is 2.63 bits per heavy atom. The quantitative estimate of drug-likeness (QED) is 0.505. The van der Waals surface area contributed by atoms with Crippen LogP contribution in [-0.4, -0.2) is 6.54 Å². The Balaban J connectivity index is 1.87. The molecule has 2 aromatic carbocycles. The molecule has 0 spiro atoms. The molecule has 0 aromatic heterocycles. The molecular formula is C17H20BrN. The first kappa shape index (κ1) is 14.1. The maximum Gasteiger partial charge on any atom is 0.0346 e. The molecule has 0 aliphatic heterocycles. The van der Waals surface area contributed by atoms with E-state index in [0.717, 1.165) is 17.4 Å². The van der Waals surface area contributed by atoms with Gasteiger partial charge in [0.25, 0.3) is 0 Å². The fraction of sp³-hybridized carbons (Fsp3) is 0.294. The van der Waals surface area contributed by atoms with E-state index in [1.54, 1.807) is 0 Å². The summed E-state index contributed by atoms with van der Waals surface area (Å²) in [5, 5.41) is 6.04. The number of benzene rings is 2. The number of nitrogens with one attached hydrogen (secondary N) is 1. The molecule has 0 bridgehead atoms. The first-order chi connectivity index (χ1) is 9.29. The van der Waals surface area contributed by atoms with Crippen molar-refractivity contribution in [3.05, 3.63) is 53.5 Å². The van der Waals surface area contributed by atoms with E-state index in [-0.39, 0.29) is 0 Å². The van der Waals surface area contributed by atoms with Gasteiger partial charge < -0.3 is 5.32 Å². The third-order valence-corrected chi connectivity index (χ3v) is 3.71. The first-order valence-electron chi connectivity index (χ1n) is 6.84. The fourth-order valence-electron chi connectivity index (χ4n) is 2.15. The molecule has 1 nitrogen and oxygen atoms in total. The van der Waals surface area contributed by atoms with E-state index in [9.17, 15) is 0 Å². The normalized spacial score (nSPS) is 10.6. The van der Waals surface area contributed by atoms with Crippen molar-refractivity contribution in [1.29, 1.82) is 0 Å². The second kappa shape index (κ2) is 7.34. The molecule has 2 rings (SSSR count). The van der Waals surface area contributed by atoms with Gasteiger partial charge in [0.05, 0.1) is 0 Å². The first-order valence-corrected chi connectivity index (χ1v) is 7.63. The molecule has 0 radical (unpaired) electrons. The molecule has 0 heterocycles. The molecule has 2 aromatic rings. The van der Waals surface area contributed by atoms with Crippen LogP contribution in [0, 0.1) is 0 Å². The van der Waals surface area contributed by atoms with Crippen molar-refractivity contribution in [2.24, 2.45) is 0 Å². The maximum absolute atomic E-state index is 3.74. The summed E-state index contributed by atoms with van der Waals surface area (Å²) in [6, 6.07) is 12.9. The molecule has 0 unspecified atom stereocenters. The zero-order valence-corrected chi connectivity index (χ0v) is 12.7. The van der Waals surface area contributed by atoms with Crippen molar-refractivity contribution in [2.45, 2.75) is 25.7 Å². The second-order valence-electron chi connectivity index (χ2n) is 4.77. The van der Waals surface area contributed by atoms with Crippen molar-refractivity contribution in [3.63, 3.8) is 0 Å². The monoisotopic (exact) mass is 317 g/mol. The maximum atomic E-state index is 3.74. The minimum absolute atomic E-state index is 1.04. The van der Waals surface area contributed by atoms with Crippen LogP contribution in [0.4, 0.5) is 5.69 Å². The van der Waals surface area contributed by atoms with Gasteiger partial charge in [0.2, 0.25) is 0 Å². The lowest BCUT2D eigenvalue weighted by molar-refractivity contribution is 0.709. The molecule has 0 saturated carbocycles. The Labute approximate surface area is 123 Å². The minimum Gasteiger partial charge on any atom is -0.385 e. The lowest BCUT2D eigenvalue weighted by atomic mass is 10.1. The smallest absolute Gasteiger partial charge is 0.0346 e. The molecular weight excluding hydrogens is 298 g/mol. The van der Waals surface area contributed by atoms with Crippen LogP contribution >= 0.6 is 15.9 Å². The van der Waals surface area contributed by atoms with E-state index in [4.69, 9.17) is 0 Å². The van der Waals surface area contributed by atoms with Crippen molar-refractivity contribution in [1.82, 2.24) is 0 Å². The summed E-state index contributed by atoms with van der Waals surface area (Å²) in [7, 11) is 0. The van der Waals surface area contributed by atoms with Crippen LogP contribution in [0.3, 0.4) is 0 Å². The van der Waals surface area contributed by atoms with Crippen molar-refractivity contribution >= 4 is 32.4 Å². The number of anilines is 1. The zero-order chi connectivity index (χ0) is 13.5. The summed E-state index contributed by atoms with van der Waals surface area (Å²) in [6.07, 6.45) is 6.85. The second-order valence-corrected chi connectivity index (χ2v) is 5.69. The van der Waals surface area contributed by atoms with Crippen LogP contribution in [0.25, 0.3) is 10.8 Å². The zero-order valence-electron chi connectivity index (χ0n) is 11.2. The molecule has 0 aliphatic rings. The average molecular weight is 318 g/mol. The topological polar surface area (TPSA) is 12.0 Å². The standard InChI is InChI=1S/C17H20BrN/c1-2-3-4-5-6-11-19-17-10-8-14-12-16(18)9-7-15(14)13-17/h2,7-10,12-13,19H,1,3-6,11H2. The summed E-state index contributed by atoms with van der Waals surface area (Å²) < 4.78 is 1.13. The summed E-state index contributed by atoms with van der Waals surface area (Å²) in [6.45, 7) is 4.78. The molecule has 0 saturated heterocycles. The molecule has 0 amide bonds. The van der Waals surface area contributed by atoms with Crippen LogP contribution in [-0.2, 0) is 0 Å². The minimum atomic E-state index is 1.04. The van der Waals surface area contributed by atoms with Gasteiger partial charge in [0.15, 0.2) is 0 Å². The molecule has 1 N–H and O–H groups in total. The van der Waals surface area contributed by atoms with Crippen LogP contribution in [0.15, 0.2) is 53.5 Å². The number of allylic oxidation sites excluding steroid dienone is 1. The Morgan fingerprint density at radius 2 is 1.79 bits per heavy atom. The predicted molar refractivity (Wildman–Crippen MR) is 88.8 cm³/mol. The average Bonchev–Trinajstić information content (AvgIpc) is 2.43. The summed E-state index contributed by atoms with van der Waals surface area (Å²) >= 11 is 3.50. The van der Waals surface area contributed by atoms with Gasteiger partial charge in [-0.1, -0.05) is 40.6 Å². The van der Waals surface area contributed by atoms with E-state index in [2.05, 4.69) is 64.2 Å². The van der Waals surface area contributed by atoms with Crippen LogP contribution < -0.4 is 5.32 Å². The third-order valence-electron chi connectivity index (χ3n) is 3.22. The molecule has 0 atom stereocenters. The Morgan fingerprint density at radius 1 is 1.00 bits per heavy atom. The molecule has 0 aliphatic carbocycles. The van der Waals surface area contributed by atoms with Gasteiger partial charge in [-0.3, -0.25) is 0 Å². The summed E-state index contributed by atoms with van der Waals surface area (Å²) in [5.74, 6) is 0. The van der Waals surface area contributed by atoms with Crippen molar-refractivity contribution in [2.75, 3.05) is 11.9 Å². The Hall–Kier alpha value is -1.28. The highest BCUT2D eigenvalue weighted by atomic mass is 79.9. The largest absolute Gasteiger partial charge is 0.385 e.